The van der Waals surface area contributed by atoms with Gasteiger partial charge in [0.2, 0.25) is 0 Å². The number of carbonyl (C=O) groups is 1. The van der Waals surface area contributed by atoms with E-state index in [0.29, 0.717) is 17.9 Å². The normalized spacial score (nSPS) is 16.0. The molecule has 2 aliphatic heterocycles. The number of benzene rings is 1. The van der Waals surface area contributed by atoms with Gasteiger partial charge in [0.1, 0.15) is 0 Å². The maximum Gasteiger partial charge on any atom is 0.257 e. The lowest BCUT2D eigenvalue weighted by molar-refractivity contribution is -0.111. The Morgan fingerprint density at radius 1 is 1.09 bits per heavy atom. The van der Waals surface area contributed by atoms with Crippen LogP contribution >= 0.6 is 0 Å². The summed E-state index contributed by atoms with van der Waals surface area (Å²) in [5, 5.41) is 6.36. The van der Waals surface area contributed by atoms with E-state index in [9.17, 15) is 4.79 Å². The molecule has 8 nitrogen and oxygen atoms in total. The van der Waals surface area contributed by atoms with Crippen molar-refractivity contribution in [2.24, 2.45) is 0 Å². The second-order valence-corrected chi connectivity index (χ2v) is 8.46. The van der Waals surface area contributed by atoms with Crippen molar-refractivity contribution in [3.63, 3.8) is 0 Å². The predicted octanol–water partition coefficient (Wildman–Crippen LogP) is 3.60. The number of nitrogens with zero attached hydrogens (tertiary/aromatic N) is 4. The highest BCUT2D eigenvalue weighted by molar-refractivity contribution is 6.27. The quantitative estimate of drug-likeness (QED) is 0.586. The Hall–Kier alpha value is -3.62. The van der Waals surface area contributed by atoms with Crippen LogP contribution in [0.3, 0.4) is 0 Å². The highest BCUT2D eigenvalue weighted by Gasteiger charge is 2.24. The topological polar surface area (TPSA) is 92.3 Å². The van der Waals surface area contributed by atoms with E-state index in [0.717, 1.165) is 67.2 Å². The second kappa shape index (κ2) is 10.1. The Labute approximate surface area is 199 Å². The molecule has 0 atom stereocenters. The van der Waals surface area contributed by atoms with Gasteiger partial charge in [-0.2, -0.15) is 0 Å². The molecule has 1 fully saturated rings. The summed E-state index contributed by atoms with van der Waals surface area (Å²) in [6, 6.07) is 8.39. The Kier molecular flexibility index (Phi) is 6.60. The lowest BCUT2D eigenvalue weighted by Gasteiger charge is -2.26. The summed E-state index contributed by atoms with van der Waals surface area (Å²) < 4.78 is 5.46. The number of ether oxygens (including phenoxy) is 1. The fourth-order valence-electron chi connectivity index (χ4n) is 4.44. The van der Waals surface area contributed by atoms with E-state index in [1.165, 1.54) is 5.56 Å². The molecule has 0 saturated carbocycles. The van der Waals surface area contributed by atoms with Crippen molar-refractivity contribution >= 4 is 23.0 Å². The average Bonchev–Trinajstić information content (AvgIpc) is 2.89. The van der Waals surface area contributed by atoms with Crippen LogP contribution in [0, 0.1) is 0 Å². The largest absolute Gasteiger partial charge is 0.381 e. The van der Waals surface area contributed by atoms with Crippen molar-refractivity contribution in [2.45, 2.75) is 19.9 Å². The molecule has 0 spiro atoms. The molecule has 5 rings (SSSR count). The smallest absolute Gasteiger partial charge is 0.257 e. The fraction of sp³-hybridized carbons (Fsp3) is 0.308. The number of anilines is 2. The highest BCUT2D eigenvalue weighted by Crippen LogP contribution is 2.36. The van der Waals surface area contributed by atoms with Crippen LogP contribution in [0.4, 0.5) is 11.5 Å². The number of pyridine rings is 1. The number of hydrogen-bond donors (Lipinski definition) is 2. The van der Waals surface area contributed by atoms with Crippen LogP contribution in [-0.4, -0.2) is 58.6 Å². The van der Waals surface area contributed by atoms with E-state index in [-0.39, 0.29) is 5.91 Å². The summed E-state index contributed by atoms with van der Waals surface area (Å²) >= 11 is 0. The Morgan fingerprint density at radius 3 is 2.76 bits per heavy atom. The summed E-state index contributed by atoms with van der Waals surface area (Å²) in [7, 11) is 0. The van der Waals surface area contributed by atoms with Crippen LogP contribution in [0.25, 0.3) is 16.7 Å². The van der Waals surface area contributed by atoms with Gasteiger partial charge in [0, 0.05) is 73.4 Å². The van der Waals surface area contributed by atoms with E-state index < -0.39 is 0 Å². The van der Waals surface area contributed by atoms with E-state index in [4.69, 9.17) is 4.74 Å². The van der Waals surface area contributed by atoms with Crippen molar-refractivity contribution in [3.8, 4) is 11.1 Å². The number of fused-ring (bicyclic) bond motifs is 1. The molecular weight excluding hydrogens is 428 g/mol. The number of hydrogen-bond acceptors (Lipinski definition) is 7. The average molecular weight is 457 g/mol. The molecule has 174 valence electrons. The first-order valence-electron chi connectivity index (χ1n) is 11.6. The Balaban J connectivity index is 1.45. The monoisotopic (exact) mass is 456 g/mol. The lowest BCUT2D eigenvalue weighted by Crippen LogP contribution is -2.35. The zero-order chi connectivity index (χ0) is 23.3. The van der Waals surface area contributed by atoms with Gasteiger partial charge in [-0.05, 0) is 41.3 Å². The number of rotatable bonds is 6. The van der Waals surface area contributed by atoms with Crippen molar-refractivity contribution in [1.29, 1.82) is 0 Å². The van der Waals surface area contributed by atoms with Crippen molar-refractivity contribution in [2.75, 3.05) is 43.5 Å². The molecule has 1 saturated heterocycles. The van der Waals surface area contributed by atoms with Gasteiger partial charge in [0.25, 0.3) is 5.91 Å². The van der Waals surface area contributed by atoms with E-state index in [2.05, 4.69) is 55.6 Å². The fourth-order valence-corrected chi connectivity index (χ4v) is 4.44. The summed E-state index contributed by atoms with van der Waals surface area (Å²) in [5.41, 5.74) is 6.82. The summed E-state index contributed by atoms with van der Waals surface area (Å²) in [6.07, 6.45) is 9.28. The number of aromatic nitrogens is 3. The van der Waals surface area contributed by atoms with Crippen molar-refractivity contribution in [1.82, 2.24) is 19.9 Å². The van der Waals surface area contributed by atoms with Gasteiger partial charge >= 0.3 is 0 Å². The molecule has 2 aliphatic rings. The number of morpholine rings is 1. The molecule has 1 amide bonds. The molecule has 0 bridgehead atoms. The molecule has 0 unspecified atom stereocenters. The standard InChI is InChI=1S/C26H28N6O2/c1-2-19-15-30-23-4-3-20(12-22(23)25(19)26(33)31-24-16-27-5-6-29-24)21-11-18(13-28-14-21)17-32-7-9-34-10-8-32/h3-6,11-14,16,30H,2,7-10,15,17H2,1H3,(H,29,31,33). The van der Waals surface area contributed by atoms with Crippen LogP contribution < -0.4 is 10.6 Å². The second-order valence-electron chi connectivity index (χ2n) is 8.46. The summed E-state index contributed by atoms with van der Waals surface area (Å²) in [5.74, 6) is 0.267. The van der Waals surface area contributed by atoms with Crippen LogP contribution in [0.2, 0.25) is 0 Å². The minimum atomic E-state index is -0.170. The highest BCUT2D eigenvalue weighted by atomic mass is 16.5. The zero-order valence-corrected chi connectivity index (χ0v) is 19.3. The first kappa shape index (κ1) is 22.2. The SMILES string of the molecule is CCC1=C(C(=O)Nc2cnccn2)c2cc(-c3cncc(CN4CCOCC4)c3)ccc2NC1. The molecule has 2 aromatic heterocycles. The third-order valence-corrected chi connectivity index (χ3v) is 6.23. The summed E-state index contributed by atoms with van der Waals surface area (Å²) in [6.45, 7) is 6.98. The maximum atomic E-state index is 13.3. The van der Waals surface area contributed by atoms with Crippen molar-refractivity contribution < 1.29 is 9.53 Å². The van der Waals surface area contributed by atoms with Gasteiger partial charge in [0.15, 0.2) is 5.82 Å². The number of nitrogens with one attached hydrogen (secondary N) is 2. The molecular formula is C26H28N6O2. The lowest BCUT2D eigenvalue weighted by atomic mass is 9.90. The van der Waals surface area contributed by atoms with Crippen LogP contribution in [0.5, 0.6) is 0 Å². The van der Waals surface area contributed by atoms with Crippen LogP contribution in [-0.2, 0) is 16.1 Å². The number of carbonyl (C=O) groups excluding carboxylic acids is 1. The Morgan fingerprint density at radius 2 is 1.97 bits per heavy atom. The third-order valence-electron chi connectivity index (χ3n) is 6.23. The first-order chi connectivity index (χ1) is 16.7. The van der Waals surface area contributed by atoms with Crippen molar-refractivity contribution in [3.05, 3.63) is 71.9 Å². The predicted molar refractivity (Wildman–Crippen MR) is 132 cm³/mol. The third kappa shape index (κ3) is 4.83. The van der Waals surface area contributed by atoms with Gasteiger partial charge in [-0.1, -0.05) is 13.0 Å². The van der Waals surface area contributed by atoms with Gasteiger partial charge in [-0.15, -0.1) is 0 Å². The van der Waals surface area contributed by atoms with E-state index in [1.54, 1.807) is 18.6 Å². The molecule has 0 aliphatic carbocycles. The Bertz CT molecular complexity index is 1200. The van der Waals surface area contributed by atoms with Gasteiger partial charge in [-0.25, -0.2) is 4.98 Å². The minimum absolute atomic E-state index is 0.170. The van der Waals surface area contributed by atoms with E-state index >= 15 is 0 Å². The maximum absolute atomic E-state index is 13.3. The molecule has 4 heterocycles. The van der Waals surface area contributed by atoms with Crippen LogP contribution in [0.15, 0.2) is 60.8 Å². The van der Waals surface area contributed by atoms with Gasteiger partial charge in [-0.3, -0.25) is 19.7 Å². The van der Waals surface area contributed by atoms with Gasteiger partial charge in [0.05, 0.1) is 19.4 Å². The molecule has 0 radical (unpaired) electrons. The molecule has 8 heteroatoms. The van der Waals surface area contributed by atoms with E-state index in [1.807, 2.05) is 18.5 Å². The molecule has 34 heavy (non-hydrogen) atoms. The van der Waals surface area contributed by atoms with Crippen LogP contribution in [0.1, 0.15) is 24.5 Å². The minimum Gasteiger partial charge on any atom is -0.381 e. The zero-order valence-electron chi connectivity index (χ0n) is 19.3. The summed E-state index contributed by atoms with van der Waals surface area (Å²) in [4.78, 5) is 28.4. The molecule has 2 N–H and O–H groups in total. The van der Waals surface area contributed by atoms with Gasteiger partial charge < -0.3 is 15.4 Å². The molecule has 1 aromatic carbocycles. The number of amides is 1. The molecule has 3 aromatic rings. The first-order valence-corrected chi connectivity index (χ1v) is 11.6.